The Hall–Kier alpha value is -3.49. The van der Waals surface area contributed by atoms with Gasteiger partial charge in [-0.15, -0.1) is 5.01 Å². The molecule has 0 radical (unpaired) electrons. The monoisotopic (exact) mass is 382 g/mol. The SMILES string of the molecule is O=C1NC2(CCCCC2)C(=O)N1/N=C\c1ccc(-c2ccc([N+](=O)[O-])cc2)o1. The zero-order valence-electron chi connectivity index (χ0n) is 15.0. The summed E-state index contributed by atoms with van der Waals surface area (Å²) in [5.41, 5.74) is -0.159. The van der Waals surface area contributed by atoms with Crippen molar-refractivity contribution in [1.82, 2.24) is 10.3 Å². The second-order valence-electron chi connectivity index (χ2n) is 6.94. The van der Waals surface area contributed by atoms with Gasteiger partial charge in [-0.05, 0) is 37.1 Å². The fourth-order valence-corrected chi connectivity index (χ4v) is 3.64. The third-order valence-corrected chi connectivity index (χ3v) is 5.14. The number of nitrogens with one attached hydrogen (secondary N) is 1. The van der Waals surface area contributed by atoms with Crippen LogP contribution in [0, 0.1) is 10.1 Å². The molecule has 1 saturated carbocycles. The maximum atomic E-state index is 12.7. The number of non-ortho nitro benzene ring substituents is 1. The summed E-state index contributed by atoms with van der Waals surface area (Å²) in [5.74, 6) is 0.534. The van der Waals surface area contributed by atoms with Crippen LogP contribution in [0.1, 0.15) is 37.9 Å². The molecular weight excluding hydrogens is 364 g/mol. The number of benzene rings is 1. The highest BCUT2D eigenvalue weighted by Crippen LogP contribution is 2.33. The van der Waals surface area contributed by atoms with Gasteiger partial charge in [0.05, 0.1) is 11.1 Å². The maximum Gasteiger partial charge on any atom is 0.346 e. The third kappa shape index (κ3) is 3.15. The molecule has 9 heteroatoms. The molecule has 1 aromatic carbocycles. The number of amides is 3. The number of carbonyl (C=O) groups is 2. The molecule has 1 aromatic heterocycles. The van der Waals surface area contributed by atoms with Crippen molar-refractivity contribution in [1.29, 1.82) is 0 Å². The van der Waals surface area contributed by atoms with E-state index in [2.05, 4.69) is 10.4 Å². The quantitative estimate of drug-likeness (QED) is 0.376. The minimum absolute atomic E-state index is 0.00714. The second-order valence-corrected chi connectivity index (χ2v) is 6.94. The van der Waals surface area contributed by atoms with Gasteiger partial charge in [0.1, 0.15) is 17.1 Å². The molecule has 28 heavy (non-hydrogen) atoms. The van der Waals surface area contributed by atoms with Crippen molar-refractivity contribution in [2.75, 3.05) is 0 Å². The molecule has 4 rings (SSSR count). The molecule has 0 atom stereocenters. The van der Waals surface area contributed by atoms with Gasteiger partial charge in [-0.3, -0.25) is 14.9 Å². The number of nitro groups is 1. The summed E-state index contributed by atoms with van der Waals surface area (Å²) in [7, 11) is 0. The first-order chi connectivity index (χ1) is 13.5. The van der Waals surface area contributed by atoms with E-state index in [9.17, 15) is 19.7 Å². The van der Waals surface area contributed by atoms with Crippen molar-refractivity contribution in [3.05, 3.63) is 52.3 Å². The minimum Gasteiger partial charge on any atom is -0.455 e. The Morgan fingerprint density at radius 2 is 1.82 bits per heavy atom. The minimum atomic E-state index is -0.820. The standard InChI is InChI=1S/C19H18N4O5/c24-17-19(10-2-1-3-11-19)21-18(25)22(17)20-12-15-8-9-16(28-15)13-4-6-14(7-5-13)23(26)27/h4-9,12H,1-3,10-11H2,(H,21,25)/b20-12-. The molecule has 2 aromatic rings. The van der Waals surface area contributed by atoms with Crippen molar-refractivity contribution >= 4 is 23.8 Å². The molecule has 2 fully saturated rings. The smallest absolute Gasteiger partial charge is 0.346 e. The number of furan rings is 1. The van der Waals surface area contributed by atoms with Gasteiger partial charge in [-0.2, -0.15) is 5.10 Å². The van der Waals surface area contributed by atoms with Crippen molar-refractivity contribution in [2.45, 2.75) is 37.6 Å². The molecule has 1 N–H and O–H groups in total. The second kappa shape index (κ2) is 6.91. The summed E-state index contributed by atoms with van der Waals surface area (Å²) in [4.78, 5) is 35.1. The van der Waals surface area contributed by atoms with Gasteiger partial charge in [0.2, 0.25) is 0 Å². The normalized spacial score (nSPS) is 18.8. The lowest BCUT2D eigenvalue weighted by Gasteiger charge is -2.29. The van der Waals surface area contributed by atoms with E-state index < -0.39 is 16.5 Å². The molecule has 0 unspecified atom stereocenters. The zero-order chi connectivity index (χ0) is 19.7. The number of urea groups is 1. The van der Waals surface area contributed by atoms with E-state index in [4.69, 9.17) is 4.42 Å². The Morgan fingerprint density at radius 1 is 1.11 bits per heavy atom. The Labute approximate surface area is 160 Å². The lowest BCUT2D eigenvalue weighted by molar-refractivity contribution is -0.384. The van der Waals surface area contributed by atoms with Gasteiger partial charge in [-0.1, -0.05) is 19.3 Å². The Morgan fingerprint density at radius 3 is 2.50 bits per heavy atom. The number of hydrazone groups is 1. The fourth-order valence-electron chi connectivity index (χ4n) is 3.64. The molecule has 2 aliphatic rings. The summed E-state index contributed by atoms with van der Waals surface area (Å²) < 4.78 is 5.65. The van der Waals surface area contributed by atoms with Crippen molar-refractivity contribution < 1.29 is 18.9 Å². The topological polar surface area (TPSA) is 118 Å². The van der Waals surface area contributed by atoms with Gasteiger partial charge in [0.25, 0.3) is 11.6 Å². The molecule has 1 aliphatic carbocycles. The molecular formula is C19H18N4O5. The summed E-state index contributed by atoms with van der Waals surface area (Å²) >= 11 is 0. The first kappa shape index (κ1) is 17.9. The Bertz CT molecular complexity index is 957. The van der Waals surface area contributed by atoms with Crippen LogP contribution in [0.3, 0.4) is 0 Å². The average Bonchev–Trinajstić information content (AvgIpc) is 3.25. The number of carbonyl (C=O) groups excluding carboxylic acids is 2. The molecule has 1 aliphatic heterocycles. The lowest BCUT2D eigenvalue weighted by atomic mass is 9.82. The predicted octanol–water partition coefficient (Wildman–Crippen LogP) is 3.44. The number of hydrogen-bond donors (Lipinski definition) is 1. The van der Waals surface area contributed by atoms with Gasteiger partial charge in [0.15, 0.2) is 0 Å². The molecule has 1 saturated heterocycles. The van der Waals surface area contributed by atoms with Crippen molar-refractivity contribution in [2.24, 2.45) is 5.10 Å². The summed E-state index contributed by atoms with van der Waals surface area (Å²) in [6.07, 6.45) is 5.45. The summed E-state index contributed by atoms with van der Waals surface area (Å²) in [6.45, 7) is 0. The van der Waals surface area contributed by atoms with E-state index in [-0.39, 0.29) is 11.6 Å². The van der Waals surface area contributed by atoms with E-state index in [0.29, 0.717) is 29.9 Å². The van der Waals surface area contributed by atoms with Crippen molar-refractivity contribution in [3.8, 4) is 11.3 Å². The summed E-state index contributed by atoms with van der Waals surface area (Å²) in [5, 5.41) is 18.4. The largest absolute Gasteiger partial charge is 0.455 e. The number of nitro benzene ring substituents is 1. The van der Waals surface area contributed by atoms with Crippen LogP contribution < -0.4 is 5.32 Å². The van der Waals surface area contributed by atoms with Crippen LogP contribution in [0.15, 0.2) is 45.9 Å². The van der Waals surface area contributed by atoms with Gasteiger partial charge in [-0.25, -0.2) is 4.79 Å². The summed E-state index contributed by atoms with van der Waals surface area (Å²) in [6, 6.07) is 8.77. The van der Waals surface area contributed by atoms with Crippen LogP contribution in [0.5, 0.6) is 0 Å². The highest BCUT2D eigenvalue weighted by atomic mass is 16.6. The van der Waals surface area contributed by atoms with E-state index in [0.717, 1.165) is 24.3 Å². The molecule has 144 valence electrons. The lowest BCUT2D eigenvalue weighted by Crippen LogP contribution is -2.48. The zero-order valence-corrected chi connectivity index (χ0v) is 15.0. The van der Waals surface area contributed by atoms with Gasteiger partial charge in [0, 0.05) is 17.7 Å². The predicted molar refractivity (Wildman–Crippen MR) is 99.6 cm³/mol. The highest BCUT2D eigenvalue weighted by Gasteiger charge is 2.51. The first-order valence-electron chi connectivity index (χ1n) is 9.04. The van der Waals surface area contributed by atoms with Crippen LogP contribution >= 0.6 is 0 Å². The van der Waals surface area contributed by atoms with Crippen LogP contribution in [-0.2, 0) is 4.79 Å². The first-order valence-corrected chi connectivity index (χ1v) is 9.04. The molecule has 3 amide bonds. The molecule has 2 heterocycles. The molecule has 0 bridgehead atoms. The molecule has 1 spiro atoms. The average molecular weight is 382 g/mol. The van der Waals surface area contributed by atoms with Crippen LogP contribution in [-0.4, -0.2) is 33.6 Å². The van der Waals surface area contributed by atoms with E-state index in [1.807, 2.05) is 0 Å². The fraction of sp³-hybridized carbons (Fsp3) is 0.316. The van der Waals surface area contributed by atoms with Crippen LogP contribution in [0.2, 0.25) is 0 Å². The van der Waals surface area contributed by atoms with E-state index in [1.165, 1.54) is 18.3 Å². The third-order valence-electron chi connectivity index (χ3n) is 5.14. The van der Waals surface area contributed by atoms with Crippen molar-refractivity contribution in [3.63, 3.8) is 0 Å². The number of imide groups is 1. The van der Waals surface area contributed by atoms with E-state index in [1.54, 1.807) is 24.3 Å². The van der Waals surface area contributed by atoms with Crippen LogP contribution in [0.4, 0.5) is 10.5 Å². The maximum absolute atomic E-state index is 12.7. The van der Waals surface area contributed by atoms with E-state index >= 15 is 0 Å². The van der Waals surface area contributed by atoms with Gasteiger partial charge >= 0.3 is 6.03 Å². The molecule has 9 nitrogen and oxygen atoms in total. The number of rotatable bonds is 4. The van der Waals surface area contributed by atoms with Gasteiger partial charge < -0.3 is 9.73 Å². The van der Waals surface area contributed by atoms with Crippen LogP contribution in [0.25, 0.3) is 11.3 Å². The number of nitrogens with zero attached hydrogens (tertiary/aromatic N) is 3. The number of hydrogen-bond acceptors (Lipinski definition) is 6. The highest BCUT2D eigenvalue weighted by molar-refractivity contribution is 6.07. The Balaban J connectivity index is 1.49. The Kier molecular flexibility index (Phi) is 4.42.